The van der Waals surface area contributed by atoms with Gasteiger partial charge in [-0.1, -0.05) is 39.7 Å². The number of aromatic amines is 1. The monoisotopic (exact) mass is 432 g/mol. The standard InChI is InChI=1S/C20H18BrClN2O2/c1-26-11-18(25)24-8-7-15-16-10-13(21)5-6-17(16)23-19(15)20(24)12-3-2-4-14(22)9-12/h2-6,9-10,20,23H,7-8,11H2,1H3. The molecule has 1 N–H and O–H groups in total. The lowest BCUT2D eigenvalue weighted by Gasteiger charge is -2.36. The van der Waals surface area contributed by atoms with Crippen LogP contribution in [-0.2, 0) is 16.0 Å². The molecular formula is C20H18BrClN2O2. The Balaban J connectivity index is 1.89. The molecule has 0 radical (unpaired) electrons. The number of halogens is 2. The lowest BCUT2D eigenvalue weighted by Crippen LogP contribution is -2.42. The molecule has 6 heteroatoms. The molecule has 1 atom stereocenters. The van der Waals surface area contributed by atoms with Crippen LogP contribution in [0.1, 0.15) is 22.9 Å². The van der Waals surface area contributed by atoms with Crippen molar-refractivity contribution in [3.05, 3.63) is 68.8 Å². The summed E-state index contributed by atoms with van der Waals surface area (Å²) in [5, 5.41) is 1.85. The van der Waals surface area contributed by atoms with Crippen LogP contribution in [-0.4, -0.2) is 36.1 Å². The number of hydrogen-bond donors (Lipinski definition) is 1. The molecule has 0 saturated carbocycles. The maximum absolute atomic E-state index is 12.7. The molecule has 0 spiro atoms. The quantitative estimate of drug-likeness (QED) is 0.650. The number of aromatic nitrogens is 1. The molecule has 0 saturated heterocycles. The van der Waals surface area contributed by atoms with Gasteiger partial charge in [-0.15, -0.1) is 0 Å². The highest BCUT2D eigenvalue weighted by Crippen LogP contribution is 2.39. The lowest BCUT2D eigenvalue weighted by molar-refractivity contribution is -0.137. The third-order valence-electron chi connectivity index (χ3n) is 4.84. The smallest absolute Gasteiger partial charge is 0.249 e. The molecule has 134 valence electrons. The van der Waals surface area contributed by atoms with Crippen LogP contribution in [0, 0.1) is 0 Å². The fourth-order valence-corrected chi connectivity index (χ4v) is 4.32. The van der Waals surface area contributed by atoms with E-state index in [0.29, 0.717) is 11.6 Å². The van der Waals surface area contributed by atoms with Gasteiger partial charge in [-0.3, -0.25) is 4.79 Å². The van der Waals surface area contributed by atoms with Gasteiger partial charge >= 0.3 is 0 Å². The SMILES string of the molecule is COCC(=O)N1CCc2c([nH]c3ccc(Br)cc23)C1c1cccc(Cl)c1. The van der Waals surface area contributed by atoms with Gasteiger partial charge in [0.05, 0.1) is 6.04 Å². The number of fused-ring (bicyclic) bond motifs is 3. The van der Waals surface area contributed by atoms with Crippen LogP contribution in [0.15, 0.2) is 46.9 Å². The molecule has 0 fully saturated rings. The van der Waals surface area contributed by atoms with E-state index < -0.39 is 0 Å². The van der Waals surface area contributed by atoms with Crippen LogP contribution < -0.4 is 0 Å². The number of rotatable bonds is 3. The number of carbonyl (C=O) groups excluding carboxylic acids is 1. The molecule has 4 nitrogen and oxygen atoms in total. The summed E-state index contributed by atoms with van der Waals surface area (Å²) in [4.78, 5) is 18.1. The number of carbonyl (C=O) groups is 1. The Bertz CT molecular complexity index is 985. The minimum Gasteiger partial charge on any atom is -0.375 e. The molecule has 2 aromatic carbocycles. The van der Waals surface area contributed by atoms with Crippen molar-refractivity contribution in [3.63, 3.8) is 0 Å². The number of H-pyrrole nitrogens is 1. The van der Waals surface area contributed by atoms with Crippen LogP contribution in [0.3, 0.4) is 0 Å². The van der Waals surface area contributed by atoms with Crippen molar-refractivity contribution >= 4 is 44.3 Å². The molecule has 1 aromatic heterocycles. The van der Waals surface area contributed by atoms with Gasteiger partial charge in [-0.2, -0.15) is 0 Å². The molecule has 0 aliphatic carbocycles. The van der Waals surface area contributed by atoms with Crippen molar-refractivity contribution in [3.8, 4) is 0 Å². The summed E-state index contributed by atoms with van der Waals surface area (Å²) in [7, 11) is 1.54. The minimum absolute atomic E-state index is 0.0250. The topological polar surface area (TPSA) is 45.3 Å². The van der Waals surface area contributed by atoms with E-state index in [1.807, 2.05) is 35.2 Å². The van der Waals surface area contributed by atoms with Crippen molar-refractivity contribution in [2.75, 3.05) is 20.3 Å². The summed E-state index contributed by atoms with van der Waals surface area (Å²) in [6.45, 7) is 0.712. The van der Waals surface area contributed by atoms with Gasteiger partial charge in [0.1, 0.15) is 6.61 Å². The summed E-state index contributed by atoms with van der Waals surface area (Å²) >= 11 is 9.79. The summed E-state index contributed by atoms with van der Waals surface area (Å²) < 4.78 is 6.14. The maximum Gasteiger partial charge on any atom is 0.249 e. The van der Waals surface area contributed by atoms with Gasteiger partial charge in [-0.25, -0.2) is 0 Å². The number of nitrogens with zero attached hydrogens (tertiary/aromatic N) is 1. The van der Waals surface area contributed by atoms with Gasteiger partial charge in [-0.05, 0) is 47.9 Å². The highest BCUT2D eigenvalue weighted by atomic mass is 79.9. The number of nitrogens with one attached hydrogen (secondary N) is 1. The van der Waals surface area contributed by atoms with Gasteiger partial charge in [0.15, 0.2) is 0 Å². The Hall–Kier alpha value is -1.82. The Labute approximate surface area is 165 Å². The predicted octanol–water partition coefficient (Wildman–Crippen LogP) is 4.70. The average molecular weight is 434 g/mol. The Morgan fingerprint density at radius 1 is 1.35 bits per heavy atom. The van der Waals surface area contributed by atoms with E-state index in [9.17, 15) is 4.79 Å². The van der Waals surface area contributed by atoms with Crippen molar-refractivity contribution < 1.29 is 9.53 Å². The Morgan fingerprint density at radius 2 is 2.19 bits per heavy atom. The second kappa shape index (κ2) is 7.06. The van der Waals surface area contributed by atoms with Crippen LogP contribution in [0.4, 0.5) is 0 Å². The molecule has 1 unspecified atom stereocenters. The van der Waals surface area contributed by atoms with Crippen LogP contribution in [0.25, 0.3) is 10.9 Å². The van der Waals surface area contributed by atoms with Gasteiger partial charge in [0, 0.05) is 39.7 Å². The Kier molecular flexibility index (Phi) is 4.78. The van der Waals surface area contributed by atoms with E-state index in [0.717, 1.165) is 27.7 Å². The van der Waals surface area contributed by atoms with Crippen molar-refractivity contribution in [1.82, 2.24) is 9.88 Å². The molecule has 3 aromatic rings. The summed E-state index contributed by atoms with van der Waals surface area (Å²) in [6.07, 6.45) is 0.804. The van der Waals surface area contributed by atoms with E-state index in [2.05, 4.69) is 33.0 Å². The maximum atomic E-state index is 12.7. The number of methoxy groups -OCH3 is 1. The van der Waals surface area contributed by atoms with E-state index in [1.54, 1.807) is 7.11 Å². The van der Waals surface area contributed by atoms with Crippen LogP contribution >= 0.6 is 27.5 Å². The Morgan fingerprint density at radius 3 is 2.96 bits per heavy atom. The zero-order chi connectivity index (χ0) is 18.3. The first-order valence-electron chi connectivity index (χ1n) is 8.42. The molecule has 1 amide bonds. The fraction of sp³-hybridized carbons (Fsp3) is 0.250. The highest BCUT2D eigenvalue weighted by molar-refractivity contribution is 9.10. The van der Waals surface area contributed by atoms with E-state index in [1.165, 1.54) is 10.9 Å². The van der Waals surface area contributed by atoms with E-state index in [4.69, 9.17) is 16.3 Å². The van der Waals surface area contributed by atoms with Gasteiger partial charge < -0.3 is 14.6 Å². The number of benzene rings is 2. The van der Waals surface area contributed by atoms with Crippen molar-refractivity contribution in [2.45, 2.75) is 12.5 Å². The summed E-state index contributed by atoms with van der Waals surface area (Å²) in [5.74, 6) is -0.0250. The second-order valence-corrected chi connectivity index (χ2v) is 7.79. The van der Waals surface area contributed by atoms with Crippen molar-refractivity contribution in [1.29, 1.82) is 0 Å². The first-order valence-corrected chi connectivity index (χ1v) is 9.59. The molecule has 0 bridgehead atoms. The lowest BCUT2D eigenvalue weighted by atomic mass is 9.92. The van der Waals surface area contributed by atoms with Crippen LogP contribution in [0.2, 0.25) is 5.02 Å². The minimum atomic E-state index is -0.203. The van der Waals surface area contributed by atoms with E-state index in [-0.39, 0.29) is 18.6 Å². The zero-order valence-electron chi connectivity index (χ0n) is 14.3. The molecule has 1 aliphatic rings. The number of ether oxygens (including phenoxy) is 1. The number of amides is 1. The normalized spacial score (nSPS) is 16.7. The molecule has 26 heavy (non-hydrogen) atoms. The predicted molar refractivity (Wildman–Crippen MR) is 107 cm³/mol. The zero-order valence-corrected chi connectivity index (χ0v) is 16.6. The van der Waals surface area contributed by atoms with Crippen LogP contribution in [0.5, 0.6) is 0 Å². The fourth-order valence-electron chi connectivity index (χ4n) is 3.76. The van der Waals surface area contributed by atoms with Gasteiger partial charge in [0.25, 0.3) is 0 Å². The third-order valence-corrected chi connectivity index (χ3v) is 5.57. The molecule has 2 heterocycles. The third kappa shape index (κ3) is 3.04. The molecule has 1 aliphatic heterocycles. The average Bonchev–Trinajstić information content (AvgIpc) is 2.99. The first-order chi connectivity index (χ1) is 12.6. The highest BCUT2D eigenvalue weighted by Gasteiger charge is 2.34. The largest absolute Gasteiger partial charge is 0.375 e. The first kappa shape index (κ1) is 17.6. The van der Waals surface area contributed by atoms with Crippen molar-refractivity contribution in [2.24, 2.45) is 0 Å². The second-order valence-electron chi connectivity index (χ2n) is 6.43. The number of hydrogen-bond acceptors (Lipinski definition) is 2. The summed E-state index contributed by atoms with van der Waals surface area (Å²) in [6, 6.07) is 13.7. The summed E-state index contributed by atoms with van der Waals surface area (Å²) in [5.41, 5.74) is 4.38. The van der Waals surface area contributed by atoms with Gasteiger partial charge in [0.2, 0.25) is 5.91 Å². The molecule has 4 rings (SSSR count). The van der Waals surface area contributed by atoms with E-state index >= 15 is 0 Å². The molecular weight excluding hydrogens is 416 g/mol.